The first kappa shape index (κ1) is 19.4. The number of carbonyl (C=O) groups excluding carboxylic acids is 3. The Labute approximate surface area is 153 Å². The van der Waals surface area contributed by atoms with E-state index in [1.807, 2.05) is 0 Å². The first-order chi connectivity index (χ1) is 12.3. The normalized spacial score (nSPS) is 16.1. The molecule has 0 aliphatic carbocycles. The zero-order chi connectivity index (χ0) is 19.3. The van der Waals surface area contributed by atoms with Gasteiger partial charge in [0.15, 0.2) is 0 Å². The lowest BCUT2D eigenvalue weighted by molar-refractivity contribution is -0.384. The van der Waals surface area contributed by atoms with Crippen LogP contribution in [-0.4, -0.2) is 39.6 Å². The molecule has 0 unspecified atom stereocenters. The average molecular weight is 376 g/mol. The van der Waals surface area contributed by atoms with E-state index in [-0.39, 0.29) is 16.7 Å². The number of hydrogen-bond donors (Lipinski definition) is 0. The Bertz CT molecular complexity index is 798. The van der Waals surface area contributed by atoms with Crippen LogP contribution in [-0.2, 0) is 14.3 Å². The molecule has 1 aliphatic rings. The van der Waals surface area contributed by atoms with E-state index in [1.165, 1.54) is 18.2 Å². The maximum absolute atomic E-state index is 12.2. The molecule has 1 heterocycles. The van der Waals surface area contributed by atoms with Gasteiger partial charge in [-0.1, -0.05) is 12.2 Å². The number of nitro groups is 1. The van der Waals surface area contributed by atoms with E-state index in [4.69, 9.17) is 4.74 Å². The lowest BCUT2D eigenvalue weighted by Crippen LogP contribution is -2.35. The van der Waals surface area contributed by atoms with Gasteiger partial charge in [-0.25, -0.2) is 0 Å². The van der Waals surface area contributed by atoms with Gasteiger partial charge in [0.05, 0.1) is 15.9 Å². The lowest BCUT2D eigenvalue weighted by Gasteiger charge is -2.13. The summed E-state index contributed by atoms with van der Waals surface area (Å²) in [7, 11) is 0. The van der Waals surface area contributed by atoms with Crippen LogP contribution in [0.15, 0.2) is 41.3 Å². The topological polar surface area (TPSA) is 107 Å². The maximum Gasteiger partial charge on any atom is 0.326 e. The summed E-state index contributed by atoms with van der Waals surface area (Å²) in [5.41, 5.74) is 0.683. The van der Waals surface area contributed by atoms with Crippen molar-refractivity contribution in [3.8, 4) is 0 Å². The van der Waals surface area contributed by atoms with Gasteiger partial charge in [-0.05, 0) is 49.4 Å². The number of ether oxygens (including phenoxy) is 1. The van der Waals surface area contributed by atoms with Gasteiger partial charge in [0.25, 0.3) is 16.8 Å². The van der Waals surface area contributed by atoms with Crippen LogP contribution >= 0.6 is 11.8 Å². The largest absolute Gasteiger partial charge is 0.462 e. The quantitative estimate of drug-likeness (QED) is 0.325. The molecule has 136 valence electrons. The first-order valence-corrected chi connectivity index (χ1v) is 8.45. The molecule has 1 saturated heterocycles. The smallest absolute Gasteiger partial charge is 0.326 e. The second kappa shape index (κ2) is 8.43. The zero-order valence-electron chi connectivity index (χ0n) is 14.1. The molecule has 0 N–H and O–H groups in total. The number of hydrogen-bond acceptors (Lipinski definition) is 7. The Morgan fingerprint density at radius 3 is 2.54 bits per heavy atom. The van der Waals surface area contributed by atoms with Gasteiger partial charge >= 0.3 is 5.97 Å². The Morgan fingerprint density at radius 2 is 1.96 bits per heavy atom. The summed E-state index contributed by atoms with van der Waals surface area (Å²) in [4.78, 5) is 46.8. The maximum atomic E-state index is 12.2. The van der Waals surface area contributed by atoms with Crippen LogP contribution in [0.5, 0.6) is 0 Å². The van der Waals surface area contributed by atoms with E-state index in [9.17, 15) is 24.5 Å². The average Bonchev–Trinajstić information content (AvgIpc) is 2.82. The third-order valence-electron chi connectivity index (χ3n) is 3.17. The number of carbonyl (C=O) groups is 3. The molecule has 1 aliphatic heterocycles. The summed E-state index contributed by atoms with van der Waals surface area (Å²) in [5, 5.41) is 10.1. The van der Waals surface area contributed by atoms with Crippen molar-refractivity contribution in [1.29, 1.82) is 0 Å². The second-order valence-electron chi connectivity index (χ2n) is 5.54. The number of benzene rings is 1. The molecular formula is C17H16N2O6S. The van der Waals surface area contributed by atoms with Crippen LogP contribution in [0.4, 0.5) is 10.5 Å². The van der Waals surface area contributed by atoms with Crippen molar-refractivity contribution in [2.24, 2.45) is 0 Å². The highest BCUT2D eigenvalue weighted by atomic mass is 32.2. The number of esters is 1. The second-order valence-corrected chi connectivity index (χ2v) is 6.53. The highest BCUT2D eigenvalue weighted by Gasteiger charge is 2.36. The van der Waals surface area contributed by atoms with Gasteiger partial charge in [0, 0.05) is 12.1 Å². The third kappa shape index (κ3) is 5.03. The zero-order valence-corrected chi connectivity index (χ0v) is 14.9. The van der Waals surface area contributed by atoms with E-state index in [2.05, 4.69) is 0 Å². The summed E-state index contributed by atoms with van der Waals surface area (Å²) in [5.74, 6) is -1.21. The highest BCUT2D eigenvalue weighted by Crippen LogP contribution is 2.30. The van der Waals surface area contributed by atoms with Crippen LogP contribution in [0.25, 0.3) is 6.08 Å². The van der Waals surface area contributed by atoms with Gasteiger partial charge in [-0.15, -0.1) is 0 Å². The number of amides is 2. The summed E-state index contributed by atoms with van der Waals surface area (Å²) >= 11 is 0.734. The van der Waals surface area contributed by atoms with Crippen molar-refractivity contribution in [2.75, 3.05) is 6.54 Å². The monoisotopic (exact) mass is 376 g/mol. The summed E-state index contributed by atoms with van der Waals surface area (Å²) in [6, 6.07) is 5.87. The van der Waals surface area contributed by atoms with Crippen LogP contribution in [0.2, 0.25) is 0 Å². The van der Waals surface area contributed by atoms with Crippen molar-refractivity contribution in [1.82, 2.24) is 4.90 Å². The lowest BCUT2D eigenvalue weighted by atomic mass is 10.2. The van der Waals surface area contributed by atoms with Crippen molar-refractivity contribution >= 4 is 40.6 Å². The molecule has 0 spiro atoms. The van der Waals surface area contributed by atoms with E-state index < -0.39 is 28.6 Å². The first-order valence-electron chi connectivity index (χ1n) is 7.64. The van der Waals surface area contributed by atoms with Crippen molar-refractivity contribution in [2.45, 2.75) is 20.0 Å². The van der Waals surface area contributed by atoms with Crippen LogP contribution in [0.3, 0.4) is 0 Å². The molecule has 1 aromatic rings. The Hall–Kier alpha value is -2.94. The minimum absolute atomic E-state index is 0.0171. The van der Waals surface area contributed by atoms with Gasteiger partial charge in [0.1, 0.15) is 6.54 Å². The highest BCUT2D eigenvalue weighted by molar-refractivity contribution is 8.18. The van der Waals surface area contributed by atoms with Crippen molar-refractivity contribution in [3.63, 3.8) is 0 Å². The standard InChI is InChI=1S/C17H16N2O6S/c1-11(2)25-15(20)10-18-16(21)14(26-17(18)22)5-3-4-12-6-8-13(9-7-12)19(23)24/h3-9,11H,10H2,1-2H3/b4-3+,14-5-. The number of allylic oxidation sites excluding steroid dienone is 2. The molecule has 2 rings (SSSR count). The fraction of sp³-hybridized carbons (Fsp3) is 0.235. The fourth-order valence-corrected chi connectivity index (χ4v) is 2.82. The molecule has 9 heteroatoms. The molecule has 0 radical (unpaired) electrons. The molecule has 0 atom stereocenters. The number of non-ortho nitro benzene ring substituents is 1. The SMILES string of the molecule is CC(C)OC(=O)CN1C(=O)S/C(=C\C=C\c2ccc([N+](=O)[O-])cc2)C1=O. The molecule has 0 aromatic heterocycles. The Balaban J connectivity index is 2.02. The van der Waals surface area contributed by atoms with Crippen LogP contribution < -0.4 is 0 Å². The number of rotatable bonds is 6. The number of thioether (sulfide) groups is 1. The number of nitro benzene ring substituents is 1. The molecule has 8 nitrogen and oxygen atoms in total. The molecule has 26 heavy (non-hydrogen) atoms. The van der Waals surface area contributed by atoms with Crippen LogP contribution in [0, 0.1) is 10.1 Å². The fourth-order valence-electron chi connectivity index (χ4n) is 2.03. The summed E-state index contributed by atoms with van der Waals surface area (Å²) in [6.07, 6.45) is 4.33. The molecule has 2 amide bonds. The molecule has 0 bridgehead atoms. The van der Waals surface area contributed by atoms with E-state index in [1.54, 1.807) is 38.1 Å². The van der Waals surface area contributed by atoms with Gasteiger partial charge in [0.2, 0.25) is 0 Å². The number of nitrogens with zero attached hydrogens (tertiary/aromatic N) is 2. The van der Waals surface area contributed by atoms with E-state index in [0.29, 0.717) is 5.56 Å². The molecular weight excluding hydrogens is 360 g/mol. The minimum Gasteiger partial charge on any atom is -0.462 e. The van der Waals surface area contributed by atoms with E-state index in [0.717, 1.165) is 16.7 Å². The summed E-state index contributed by atoms with van der Waals surface area (Å²) < 4.78 is 4.93. The van der Waals surface area contributed by atoms with Crippen LogP contribution in [0.1, 0.15) is 19.4 Å². The molecule has 1 aromatic carbocycles. The Kier molecular flexibility index (Phi) is 6.29. The van der Waals surface area contributed by atoms with Crippen molar-refractivity contribution in [3.05, 3.63) is 57.0 Å². The summed E-state index contributed by atoms with van der Waals surface area (Å²) in [6.45, 7) is 2.93. The third-order valence-corrected chi connectivity index (χ3v) is 4.09. The van der Waals surface area contributed by atoms with Gasteiger partial charge in [-0.3, -0.25) is 29.4 Å². The molecule has 1 fully saturated rings. The van der Waals surface area contributed by atoms with Gasteiger partial charge < -0.3 is 4.74 Å². The van der Waals surface area contributed by atoms with E-state index >= 15 is 0 Å². The Morgan fingerprint density at radius 1 is 1.31 bits per heavy atom. The molecule has 0 saturated carbocycles. The predicted molar refractivity (Wildman–Crippen MR) is 96.1 cm³/mol. The van der Waals surface area contributed by atoms with Crippen molar-refractivity contribution < 1.29 is 24.0 Å². The number of imide groups is 1. The minimum atomic E-state index is -0.648. The predicted octanol–water partition coefficient (Wildman–Crippen LogP) is 3.14. The van der Waals surface area contributed by atoms with Gasteiger partial charge in [-0.2, -0.15) is 0 Å².